The quantitative estimate of drug-likeness (QED) is 0.464. The van der Waals surface area contributed by atoms with Gasteiger partial charge in [-0.1, -0.05) is 11.6 Å². The summed E-state index contributed by atoms with van der Waals surface area (Å²) in [6, 6.07) is 1.86. The average Bonchev–Trinajstić information content (AvgIpc) is 2.66. The van der Waals surface area contributed by atoms with Crippen molar-refractivity contribution in [3.05, 3.63) is 40.6 Å². The van der Waals surface area contributed by atoms with Gasteiger partial charge in [0, 0.05) is 37.6 Å². The Labute approximate surface area is 183 Å². The molecule has 0 saturated carbocycles. The number of allylic oxidation sites excluding steroid dienone is 1. The molecule has 1 unspecified atom stereocenters. The van der Waals surface area contributed by atoms with Crippen LogP contribution in [0.5, 0.6) is 0 Å². The van der Waals surface area contributed by atoms with E-state index >= 15 is 0 Å². The van der Waals surface area contributed by atoms with Crippen LogP contribution in [0.3, 0.4) is 0 Å². The maximum Gasteiger partial charge on any atom is 0.410 e. The van der Waals surface area contributed by atoms with Gasteiger partial charge in [0.05, 0.1) is 18.3 Å². The Balaban J connectivity index is 2.19. The molecule has 3 N–H and O–H groups in total. The molecule has 1 atom stereocenters. The number of aliphatic hydroxyl groups is 1. The predicted molar refractivity (Wildman–Crippen MR) is 112 cm³/mol. The molecular weight excluding hydrogens is 434 g/mol. The lowest BCUT2D eigenvalue weighted by atomic mass is 10.1. The van der Waals surface area contributed by atoms with Gasteiger partial charge in [0.25, 0.3) is 5.91 Å². The number of carbonyl (C=O) groups is 2. The molecule has 11 heteroatoms. The fourth-order valence-electron chi connectivity index (χ4n) is 3.02. The van der Waals surface area contributed by atoms with Crippen molar-refractivity contribution in [2.24, 2.45) is 0 Å². The second-order valence-electron chi connectivity index (χ2n) is 7.91. The van der Waals surface area contributed by atoms with Crippen molar-refractivity contribution < 1.29 is 28.2 Å². The lowest BCUT2D eigenvalue weighted by Crippen LogP contribution is -2.56. The molecule has 1 saturated heterocycles. The number of anilines is 1. The molecule has 0 bridgehead atoms. The summed E-state index contributed by atoms with van der Waals surface area (Å²) in [5.41, 5.74) is -0.821. The molecule has 0 radical (unpaired) electrons. The molecule has 0 aromatic heterocycles. The highest BCUT2D eigenvalue weighted by Crippen LogP contribution is 2.23. The van der Waals surface area contributed by atoms with Crippen LogP contribution >= 0.6 is 11.6 Å². The average molecular weight is 459 g/mol. The summed E-state index contributed by atoms with van der Waals surface area (Å²) < 4.78 is 32.0. The van der Waals surface area contributed by atoms with Gasteiger partial charge in [-0.15, -0.1) is 0 Å². The van der Waals surface area contributed by atoms with Crippen LogP contribution in [0.15, 0.2) is 28.9 Å². The van der Waals surface area contributed by atoms with Crippen molar-refractivity contribution in [3.8, 4) is 0 Å². The van der Waals surface area contributed by atoms with Crippen molar-refractivity contribution in [3.63, 3.8) is 0 Å². The van der Waals surface area contributed by atoms with Gasteiger partial charge in [0.15, 0.2) is 0 Å². The van der Waals surface area contributed by atoms with E-state index in [-0.39, 0.29) is 37.6 Å². The first kappa shape index (κ1) is 24.5. The summed E-state index contributed by atoms with van der Waals surface area (Å²) in [4.78, 5) is 27.8. The Hall–Kier alpha value is -2.72. The van der Waals surface area contributed by atoms with Gasteiger partial charge < -0.3 is 30.4 Å². The second-order valence-corrected chi connectivity index (χ2v) is 8.29. The van der Waals surface area contributed by atoms with Crippen molar-refractivity contribution in [2.45, 2.75) is 32.4 Å². The maximum absolute atomic E-state index is 13.3. The lowest BCUT2D eigenvalue weighted by Gasteiger charge is -2.42. The summed E-state index contributed by atoms with van der Waals surface area (Å²) in [7, 11) is 0. The van der Waals surface area contributed by atoms with E-state index in [0.29, 0.717) is 6.07 Å². The van der Waals surface area contributed by atoms with Crippen molar-refractivity contribution in [1.82, 2.24) is 9.80 Å². The minimum Gasteiger partial charge on any atom is -0.444 e. The number of rotatable bonds is 5. The van der Waals surface area contributed by atoms with Gasteiger partial charge in [-0.2, -0.15) is 0 Å². The van der Waals surface area contributed by atoms with E-state index in [9.17, 15) is 23.5 Å². The maximum atomic E-state index is 13.3. The second kappa shape index (κ2) is 10.1. The standard InChI is InChI=1S/C20H25ClF2N4O4/c1-20(2,3)31-19(30)26-4-5-27(15(10-26)11-28)16(9-24)17(21)18(29)25-14-7-12(22)6-13(23)8-14/h6-9,15,24,28H,4-5,10-11H2,1-3H3,(H,25,29)/b17-16-,24-9?. The molecule has 8 nitrogen and oxygen atoms in total. The van der Waals surface area contributed by atoms with Gasteiger partial charge >= 0.3 is 6.09 Å². The number of piperazine rings is 1. The summed E-state index contributed by atoms with van der Waals surface area (Å²) in [5, 5.41) is 19.4. The van der Waals surface area contributed by atoms with E-state index < -0.39 is 40.3 Å². The first-order chi connectivity index (χ1) is 14.4. The van der Waals surface area contributed by atoms with Crippen LogP contribution in [0.2, 0.25) is 0 Å². The molecule has 0 spiro atoms. The highest BCUT2D eigenvalue weighted by atomic mass is 35.5. The third-order valence-corrected chi connectivity index (χ3v) is 4.70. The van der Waals surface area contributed by atoms with E-state index in [4.69, 9.17) is 21.7 Å². The zero-order valence-electron chi connectivity index (χ0n) is 17.4. The number of amides is 2. The van der Waals surface area contributed by atoms with Crippen LogP contribution in [0.1, 0.15) is 20.8 Å². The highest BCUT2D eigenvalue weighted by Gasteiger charge is 2.33. The number of halogens is 3. The van der Waals surface area contributed by atoms with Crippen molar-refractivity contribution in [1.29, 1.82) is 5.41 Å². The van der Waals surface area contributed by atoms with Crippen LogP contribution in [-0.2, 0) is 9.53 Å². The van der Waals surface area contributed by atoms with E-state index in [1.807, 2.05) is 0 Å². The fraction of sp³-hybridized carbons (Fsp3) is 0.450. The Morgan fingerprint density at radius 1 is 1.29 bits per heavy atom. The topological polar surface area (TPSA) is 106 Å². The van der Waals surface area contributed by atoms with Crippen LogP contribution in [0, 0.1) is 17.0 Å². The molecule has 1 aliphatic rings. The third kappa shape index (κ3) is 6.63. The normalized spacial score (nSPS) is 17.7. The molecule has 0 aliphatic carbocycles. The van der Waals surface area contributed by atoms with Gasteiger partial charge in [0.1, 0.15) is 22.3 Å². The van der Waals surface area contributed by atoms with Crippen LogP contribution in [0.4, 0.5) is 19.3 Å². The summed E-state index contributed by atoms with van der Waals surface area (Å²) in [5.74, 6) is -2.63. The van der Waals surface area contributed by atoms with Crippen molar-refractivity contribution >= 4 is 35.5 Å². The third-order valence-electron chi connectivity index (χ3n) is 4.34. The van der Waals surface area contributed by atoms with Gasteiger partial charge in [-0.05, 0) is 32.9 Å². The number of aliphatic hydroxyl groups excluding tert-OH is 1. The largest absolute Gasteiger partial charge is 0.444 e. The molecule has 1 aromatic rings. The van der Waals surface area contributed by atoms with E-state index in [1.165, 1.54) is 9.80 Å². The number of ether oxygens (including phenoxy) is 1. The number of nitrogens with one attached hydrogen (secondary N) is 2. The number of carbonyl (C=O) groups excluding carboxylic acids is 2. The summed E-state index contributed by atoms with van der Waals surface area (Å²) >= 11 is 6.17. The lowest BCUT2D eigenvalue weighted by molar-refractivity contribution is -0.112. The van der Waals surface area contributed by atoms with Gasteiger partial charge in [-0.25, -0.2) is 13.6 Å². The molecule has 2 rings (SSSR count). The number of nitrogens with zero attached hydrogens (tertiary/aromatic N) is 2. The van der Waals surface area contributed by atoms with E-state index in [0.717, 1.165) is 18.3 Å². The molecule has 2 amide bonds. The smallest absolute Gasteiger partial charge is 0.410 e. The molecule has 1 heterocycles. The van der Waals surface area contributed by atoms with Crippen LogP contribution < -0.4 is 5.32 Å². The molecule has 1 aromatic carbocycles. The fourth-order valence-corrected chi connectivity index (χ4v) is 3.23. The summed E-state index contributed by atoms with van der Waals surface area (Å²) in [6.45, 7) is 5.31. The summed E-state index contributed by atoms with van der Waals surface area (Å²) in [6.07, 6.45) is 0.308. The Morgan fingerprint density at radius 2 is 1.90 bits per heavy atom. The zero-order chi connectivity index (χ0) is 23.3. The Bertz CT molecular complexity index is 868. The van der Waals surface area contributed by atoms with Gasteiger partial charge in [-0.3, -0.25) is 4.79 Å². The predicted octanol–water partition coefficient (Wildman–Crippen LogP) is 2.92. The Kier molecular flexibility index (Phi) is 7.96. The molecule has 1 aliphatic heterocycles. The van der Waals surface area contributed by atoms with E-state index in [2.05, 4.69) is 5.32 Å². The number of hydrogen-bond donors (Lipinski definition) is 3. The van der Waals surface area contributed by atoms with Crippen LogP contribution in [-0.4, -0.2) is 71.0 Å². The molecular formula is C20H25ClF2N4O4. The van der Waals surface area contributed by atoms with Gasteiger partial charge in [0.2, 0.25) is 0 Å². The monoisotopic (exact) mass is 458 g/mol. The minimum atomic E-state index is -0.878. The SMILES string of the molecule is CC(C)(C)OC(=O)N1CCN(/C(C=N)=C(\Cl)C(=O)Nc2cc(F)cc(F)c2)C(CO)C1. The number of benzene rings is 1. The molecule has 170 valence electrons. The first-order valence-corrected chi connectivity index (χ1v) is 9.86. The van der Waals surface area contributed by atoms with Crippen molar-refractivity contribution in [2.75, 3.05) is 31.6 Å². The highest BCUT2D eigenvalue weighted by molar-refractivity contribution is 6.45. The van der Waals surface area contributed by atoms with E-state index in [1.54, 1.807) is 20.8 Å². The minimum absolute atomic E-state index is 0.000990. The van der Waals surface area contributed by atoms with Crippen LogP contribution in [0.25, 0.3) is 0 Å². The molecule has 1 fully saturated rings. The molecule has 31 heavy (non-hydrogen) atoms. The zero-order valence-corrected chi connectivity index (χ0v) is 18.2. The first-order valence-electron chi connectivity index (χ1n) is 9.48. The Morgan fingerprint density at radius 3 is 2.42 bits per heavy atom. The number of hydrogen-bond acceptors (Lipinski definition) is 6.